The van der Waals surface area contributed by atoms with Crippen LogP contribution < -0.4 is 16.0 Å². The number of carbonyl (C=O) groups excluding carboxylic acids is 2. The Morgan fingerprint density at radius 1 is 1.08 bits per heavy atom. The molecule has 3 N–H and O–H groups in total. The van der Waals surface area contributed by atoms with Crippen molar-refractivity contribution in [2.24, 2.45) is 5.92 Å². The third kappa shape index (κ3) is 6.21. The van der Waals surface area contributed by atoms with Gasteiger partial charge in [-0.05, 0) is 58.5 Å². The molecule has 0 fully saturated rings. The molecule has 0 aromatic heterocycles. The number of hydrogen-bond acceptors (Lipinski definition) is 2. The molecule has 0 saturated heterocycles. The molecule has 7 heteroatoms. The van der Waals surface area contributed by atoms with Crippen molar-refractivity contribution in [3.63, 3.8) is 0 Å². The molecule has 5 nitrogen and oxygen atoms in total. The highest BCUT2D eigenvalue weighted by Gasteiger charge is 2.08. The van der Waals surface area contributed by atoms with Crippen molar-refractivity contribution in [1.82, 2.24) is 5.32 Å². The molecule has 132 valence electrons. The Kier molecular flexibility index (Phi) is 7.07. The van der Waals surface area contributed by atoms with Gasteiger partial charge in [-0.2, -0.15) is 0 Å². The highest BCUT2D eigenvalue weighted by Crippen LogP contribution is 2.23. The Morgan fingerprint density at radius 3 is 2.36 bits per heavy atom. The molecular formula is C18H19ClIN3O2. The van der Waals surface area contributed by atoms with E-state index in [2.05, 4.69) is 38.5 Å². The second-order valence-electron chi connectivity index (χ2n) is 5.77. The number of hydrogen-bond donors (Lipinski definition) is 3. The van der Waals surface area contributed by atoms with E-state index in [4.69, 9.17) is 11.6 Å². The first kappa shape index (κ1) is 19.5. The second-order valence-corrected chi connectivity index (χ2v) is 7.43. The molecule has 2 aromatic rings. The van der Waals surface area contributed by atoms with Crippen molar-refractivity contribution >= 4 is 57.5 Å². The molecule has 0 saturated carbocycles. The van der Waals surface area contributed by atoms with Crippen LogP contribution in [0, 0.1) is 9.49 Å². The summed E-state index contributed by atoms with van der Waals surface area (Å²) in [6.07, 6.45) is 0. The molecule has 2 rings (SSSR count). The molecule has 0 bridgehead atoms. The molecule has 0 aliphatic heterocycles. The number of urea groups is 1. The lowest BCUT2D eigenvalue weighted by Crippen LogP contribution is -2.28. The molecule has 0 aliphatic rings. The minimum Gasteiger partial charge on any atom is -0.334 e. The van der Waals surface area contributed by atoms with Gasteiger partial charge in [-0.3, -0.25) is 4.79 Å². The van der Waals surface area contributed by atoms with Gasteiger partial charge in [0.25, 0.3) is 0 Å². The summed E-state index contributed by atoms with van der Waals surface area (Å²) in [7, 11) is 0. The highest BCUT2D eigenvalue weighted by atomic mass is 127. The number of anilines is 2. The van der Waals surface area contributed by atoms with E-state index in [1.807, 2.05) is 44.2 Å². The van der Waals surface area contributed by atoms with E-state index in [-0.39, 0.29) is 17.9 Å². The van der Waals surface area contributed by atoms with Gasteiger partial charge in [0.15, 0.2) is 0 Å². The predicted molar refractivity (Wildman–Crippen MR) is 110 cm³/mol. The maximum atomic E-state index is 12.0. The summed E-state index contributed by atoms with van der Waals surface area (Å²) in [5, 5.41) is 8.80. The topological polar surface area (TPSA) is 70.2 Å². The minimum absolute atomic E-state index is 0.0281. The van der Waals surface area contributed by atoms with Crippen molar-refractivity contribution in [2.45, 2.75) is 20.4 Å². The molecule has 0 radical (unpaired) electrons. The Hall–Kier alpha value is -1.80. The van der Waals surface area contributed by atoms with Gasteiger partial charge in [0, 0.05) is 21.7 Å². The lowest BCUT2D eigenvalue weighted by atomic mass is 10.1. The summed E-state index contributed by atoms with van der Waals surface area (Å²) in [6.45, 7) is 4.05. The first-order chi connectivity index (χ1) is 11.8. The average molecular weight is 472 g/mol. The van der Waals surface area contributed by atoms with Crippen LogP contribution in [0.15, 0.2) is 42.5 Å². The summed E-state index contributed by atoms with van der Waals surface area (Å²) < 4.78 is 0.998. The fourth-order valence-electron chi connectivity index (χ4n) is 1.93. The van der Waals surface area contributed by atoms with E-state index in [0.29, 0.717) is 17.3 Å². The lowest BCUT2D eigenvalue weighted by molar-refractivity contribution is -0.118. The van der Waals surface area contributed by atoms with Crippen LogP contribution in [-0.4, -0.2) is 11.9 Å². The van der Waals surface area contributed by atoms with Crippen LogP contribution in [0.4, 0.5) is 16.2 Å². The van der Waals surface area contributed by atoms with Crippen molar-refractivity contribution in [1.29, 1.82) is 0 Å². The molecule has 0 atom stereocenters. The van der Waals surface area contributed by atoms with Gasteiger partial charge in [0.05, 0.1) is 10.7 Å². The third-order valence-electron chi connectivity index (χ3n) is 3.38. The third-order valence-corrected chi connectivity index (χ3v) is 4.36. The first-order valence-corrected chi connectivity index (χ1v) is 9.20. The SMILES string of the molecule is CC(C)C(=O)Nc1ccc(CNC(=O)Nc2ccc(I)cc2Cl)cc1. The monoisotopic (exact) mass is 471 g/mol. The van der Waals surface area contributed by atoms with Gasteiger partial charge >= 0.3 is 6.03 Å². The van der Waals surface area contributed by atoms with Crippen LogP contribution in [0.1, 0.15) is 19.4 Å². The summed E-state index contributed by atoms with van der Waals surface area (Å²) in [4.78, 5) is 23.6. The smallest absolute Gasteiger partial charge is 0.319 e. The first-order valence-electron chi connectivity index (χ1n) is 7.75. The van der Waals surface area contributed by atoms with E-state index in [1.54, 1.807) is 12.1 Å². The number of benzene rings is 2. The van der Waals surface area contributed by atoms with E-state index in [0.717, 1.165) is 14.8 Å². The van der Waals surface area contributed by atoms with Crippen molar-refractivity contribution in [3.05, 3.63) is 56.6 Å². The number of rotatable bonds is 5. The van der Waals surface area contributed by atoms with Gasteiger partial charge in [-0.15, -0.1) is 0 Å². The maximum Gasteiger partial charge on any atom is 0.319 e. The average Bonchev–Trinajstić information content (AvgIpc) is 2.56. The van der Waals surface area contributed by atoms with Gasteiger partial charge < -0.3 is 16.0 Å². The number of amides is 3. The molecule has 0 unspecified atom stereocenters. The largest absolute Gasteiger partial charge is 0.334 e. The fourth-order valence-corrected chi connectivity index (χ4v) is 2.84. The van der Waals surface area contributed by atoms with Crippen LogP contribution >= 0.6 is 34.2 Å². The number of nitrogens with one attached hydrogen (secondary N) is 3. The van der Waals surface area contributed by atoms with Crippen molar-refractivity contribution in [2.75, 3.05) is 10.6 Å². The molecule has 25 heavy (non-hydrogen) atoms. The lowest BCUT2D eigenvalue weighted by Gasteiger charge is -2.11. The van der Waals surface area contributed by atoms with E-state index in [9.17, 15) is 9.59 Å². The van der Waals surface area contributed by atoms with Crippen LogP contribution in [-0.2, 0) is 11.3 Å². The molecule has 0 spiro atoms. The van der Waals surface area contributed by atoms with Gasteiger partial charge in [-0.1, -0.05) is 37.6 Å². The van der Waals surface area contributed by atoms with Crippen LogP contribution in [0.5, 0.6) is 0 Å². The molecular weight excluding hydrogens is 453 g/mol. The van der Waals surface area contributed by atoms with Crippen molar-refractivity contribution in [3.8, 4) is 0 Å². The highest BCUT2D eigenvalue weighted by molar-refractivity contribution is 14.1. The minimum atomic E-state index is -0.333. The normalized spacial score (nSPS) is 10.4. The van der Waals surface area contributed by atoms with Crippen molar-refractivity contribution < 1.29 is 9.59 Å². The summed E-state index contributed by atoms with van der Waals surface area (Å²) in [5.74, 6) is -0.0993. The standard InChI is InChI=1S/C18H19ClIN3O2/c1-11(2)17(24)22-14-6-3-12(4-7-14)10-21-18(25)23-16-8-5-13(20)9-15(16)19/h3-9,11H,10H2,1-2H3,(H,22,24)(H2,21,23,25). The molecule has 2 aromatic carbocycles. The number of halogens is 2. The van der Waals surface area contributed by atoms with Crippen LogP contribution in [0.3, 0.4) is 0 Å². The molecule has 0 aliphatic carbocycles. The van der Waals surface area contributed by atoms with E-state index in [1.165, 1.54) is 0 Å². The van der Waals surface area contributed by atoms with Gasteiger partial charge in [0.2, 0.25) is 5.91 Å². The summed E-state index contributed by atoms with van der Waals surface area (Å²) in [5.41, 5.74) is 2.22. The predicted octanol–water partition coefficient (Wildman–Crippen LogP) is 4.86. The Morgan fingerprint density at radius 2 is 1.76 bits per heavy atom. The van der Waals surface area contributed by atoms with Crippen LogP contribution in [0.25, 0.3) is 0 Å². The Labute approximate surface area is 165 Å². The van der Waals surface area contributed by atoms with Gasteiger partial charge in [-0.25, -0.2) is 4.79 Å². The fraction of sp³-hybridized carbons (Fsp3) is 0.222. The zero-order chi connectivity index (χ0) is 18.4. The maximum absolute atomic E-state index is 12.0. The molecule has 0 heterocycles. The zero-order valence-electron chi connectivity index (χ0n) is 13.9. The zero-order valence-corrected chi connectivity index (χ0v) is 16.8. The quantitative estimate of drug-likeness (QED) is 0.545. The number of carbonyl (C=O) groups is 2. The van der Waals surface area contributed by atoms with E-state index < -0.39 is 0 Å². The second kappa shape index (κ2) is 9.05. The summed E-state index contributed by atoms with van der Waals surface area (Å²) in [6, 6.07) is 12.4. The Bertz CT molecular complexity index is 763. The van der Waals surface area contributed by atoms with Gasteiger partial charge in [0.1, 0.15) is 0 Å². The van der Waals surface area contributed by atoms with E-state index >= 15 is 0 Å². The van der Waals surface area contributed by atoms with Crippen LogP contribution in [0.2, 0.25) is 5.02 Å². The summed E-state index contributed by atoms with van der Waals surface area (Å²) >= 11 is 8.24. The Balaban J connectivity index is 1.86. The molecule has 3 amide bonds.